The molecule has 4 rings (SSSR count). The zero-order valence-electron chi connectivity index (χ0n) is 19.6. The average molecular weight is 441 g/mol. The summed E-state index contributed by atoms with van der Waals surface area (Å²) >= 11 is 0. The molecule has 2 saturated heterocycles. The van der Waals surface area contributed by atoms with Gasteiger partial charge in [-0.2, -0.15) is 0 Å². The summed E-state index contributed by atoms with van der Waals surface area (Å²) in [5.41, 5.74) is 2.20. The minimum absolute atomic E-state index is 0.0898. The molecule has 0 saturated carbocycles. The van der Waals surface area contributed by atoms with Crippen molar-refractivity contribution in [3.05, 3.63) is 54.0 Å². The smallest absolute Gasteiger partial charge is 0.225 e. The summed E-state index contributed by atoms with van der Waals surface area (Å²) in [6.45, 7) is 8.07. The molecule has 0 bridgehead atoms. The summed E-state index contributed by atoms with van der Waals surface area (Å²) in [6, 6.07) is 10.3. The standard InChI is InChI=1S/C26H36N2O4/c1-26(2)16-22(10-14-31-26)25(29)28-11-7-23(8-12-28)32-24-6-4-5-20(15-24)17-27(3)18-21-9-13-30-19-21/h4-6,9,13,15,19,22-23H,7-8,10-12,14,16-18H2,1-3H3/t22-/m1/s1. The van der Waals surface area contributed by atoms with E-state index in [0.717, 1.165) is 57.6 Å². The van der Waals surface area contributed by atoms with Crippen molar-refractivity contribution in [2.45, 2.75) is 64.3 Å². The van der Waals surface area contributed by atoms with E-state index in [1.54, 1.807) is 12.5 Å². The number of hydrogen-bond acceptors (Lipinski definition) is 5. The average Bonchev–Trinajstić information content (AvgIpc) is 3.26. The van der Waals surface area contributed by atoms with Crippen LogP contribution in [0.5, 0.6) is 5.75 Å². The first-order valence-electron chi connectivity index (χ1n) is 11.8. The van der Waals surface area contributed by atoms with Crippen molar-refractivity contribution >= 4 is 5.91 Å². The molecule has 1 aromatic carbocycles. The van der Waals surface area contributed by atoms with Crippen molar-refractivity contribution in [1.82, 2.24) is 9.80 Å². The Morgan fingerprint density at radius 3 is 2.66 bits per heavy atom. The number of likely N-dealkylation sites (tertiary alicyclic amines) is 1. The molecule has 174 valence electrons. The first kappa shape index (κ1) is 22.9. The predicted octanol–water partition coefficient (Wildman–Crippen LogP) is 4.49. The Hall–Kier alpha value is -2.31. The first-order valence-corrected chi connectivity index (χ1v) is 11.8. The maximum absolute atomic E-state index is 13.0. The number of rotatable bonds is 7. The van der Waals surface area contributed by atoms with Crippen LogP contribution in [0.2, 0.25) is 0 Å². The van der Waals surface area contributed by atoms with E-state index in [-0.39, 0.29) is 17.6 Å². The molecule has 6 heteroatoms. The summed E-state index contributed by atoms with van der Waals surface area (Å²) in [7, 11) is 2.10. The number of piperidine rings is 1. The van der Waals surface area contributed by atoms with Crippen LogP contribution < -0.4 is 4.74 Å². The summed E-state index contributed by atoms with van der Waals surface area (Å²) in [5.74, 6) is 1.30. The molecule has 0 radical (unpaired) electrons. The van der Waals surface area contributed by atoms with E-state index in [4.69, 9.17) is 13.9 Å². The van der Waals surface area contributed by atoms with Gasteiger partial charge in [0.25, 0.3) is 0 Å². The van der Waals surface area contributed by atoms with Gasteiger partial charge >= 0.3 is 0 Å². The maximum atomic E-state index is 13.0. The molecular formula is C26H36N2O4. The number of carbonyl (C=O) groups excluding carboxylic acids is 1. The van der Waals surface area contributed by atoms with Crippen LogP contribution >= 0.6 is 0 Å². The van der Waals surface area contributed by atoms with Crippen molar-refractivity contribution < 1.29 is 18.7 Å². The molecule has 2 aliphatic rings. The molecule has 3 heterocycles. The maximum Gasteiger partial charge on any atom is 0.225 e. The van der Waals surface area contributed by atoms with Crippen LogP contribution in [0.1, 0.15) is 50.7 Å². The molecular weight excluding hydrogens is 404 g/mol. The lowest BCUT2D eigenvalue weighted by Gasteiger charge is -2.39. The molecule has 2 fully saturated rings. The third kappa shape index (κ3) is 6.14. The summed E-state index contributed by atoms with van der Waals surface area (Å²) in [4.78, 5) is 17.3. The summed E-state index contributed by atoms with van der Waals surface area (Å²) in [6.07, 6.45) is 7.05. The molecule has 0 unspecified atom stereocenters. The fraction of sp³-hybridized carbons (Fsp3) is 0.577. The van der Waals surface area contributed by atoms with Gasteiger partial charge in [0.05, 0.1) is 18.1 Å². The second-order valence-electron chi connectivity index (χ2n) is 9.89. The highest BCUT2D eigenvalue weighted by Gasteiger charge is 2.36. The van der Waals surface area contributed by atoms with Crippen LogP contribution in [0.3, 0.4) is 0 Å². The van der Waals surface area contributed by atoms with Crippen LogP contribution in [-0.4, -0.2) is 54.2 Å². The monoisotopic (exact) mass is 440 g/mol. The third-order valence-electron chi connectivity index (χ3n) is 6.49. The Morgan fingerprint density at radius 2 is 1.94 bits per heavy atom. The topological polar surface area (TPSA) is 55.2 Å². The molecule has 0 aliphatic carbocycles. The first-order chi connectivity index (χ1) is 15.4. The fourth-order valence-electron chi connectivity index (χ4n) is 4.87. The lowest BCUT2D eigenvalue weighted by Crippen LogP contribution is -2.47. The Bertz CT molecular complexity index is 872. The van der Waals surface area contributed by atoms with Crippen LogP contribution in [0.15, 0.2) is 47.3 Å². The lowest BCUT2D eigenvalue weighted by molar-refractivity contribution is -0.147. The van der Waals surface area contributed by atoms with Gasteiger partial charge in [-0.05, 0) is 57.5 Å². The number of benzene rings is 1. The second-order valence-corrected chi connectivity index (χ2v) is 9.89. The van der Waals surface area contributed by atoms with Crippen molar-refractivity contribution in [2.24, 2.45) is 5.92 Å². The normalized spacial score (nSPS) is 21.6. The molecule has 1 atom stereocenters. The van der Waals surface area contributed by atoms with Crippen LogP contribution in [-0.2, 0) is 22.6 Å². The highest BCUT2D eigenvalue weighted by Crippen LogP contribution is 2.31. The molecule has 1 aromatic heterocycles. The van der Waals surface area contributed by atoms with Gasteiger partial charge in [0, 0.05) is 57.1 Å². The molecule has 32 heavy (non-hydrogen) atoms. The van der Waals surface area contributed by atoms with E-state index in [9.17, 15) is 4.79 Å². The molecule has 0 spiro atoms. The van der Waals surface area contributed by atoms with E-state index in [2.05, 4.69) is 44.0 Å². The van der Waals surface area contributed by atoms with Crippen LogP contribution in [0.4, 0.5) is 0 Å². The van der Waals surface area contributed by atoms with Crippen LogP contribution in [0, 0.1) is 5.92 Å². The van der Waals surface area contributed by atoms with Gasteiger partial charge in [-0.25, -0.2) is 0 Å². The molecule has 1 amide bonds. The Morgan fingerprint density at radius 1 is 1.16 bits per heavy atom. The van der Waals surface area contributed by atoms with Gasteiger partial charge in [0.1, 0.15) is 11.9 Å². The molecule has 2 aromatic rings. The molecule has 2 aliphatic heterocycles. The van der Waals surface area contributed by atoms with Gasteiger partial charge in [-0.1, -0.05) is 12.1 Å². The lowest BCUT2D eigenvalue weighted by atomic mass is 9.87. The highest BCUT2D eigenvalue weighted by atomic mass is 16.5. The summed E-state index contributed by atoms with van der Waals surface area (Å²) < 4.78 is 17.2. The minimum atomic E-state index is -0.197. The van der Waals surface area contributed by atoms with Gasteiger partial charge in [0.15, 0.2) is 0 Å². The highest BCUT2D eigenvalue weighted by molar-refractivity contribution is 5.79. The SMILES string of the molecule is CN(Cc1ccoc1)Cc1cccc(OC2CCN(C(=O)[C@@H]3CCOC(C)(C)C3)CC2)c1. The molecule has 0 N–H and O–H groups in total. The predicted molar refractivity (Wildman–Crippen MR) is 123 cm³/mol. The van der Waals surface area contributed by atoms with Crippen molar-refractivity contribution in [2.75, 3.05) is 26.7 Å². The Balaban J connectivity index is 1.25. The largest absolute Gasteiger partial charge is 0.490 e. The van der Waals surface area contributed by atoms with E-state index < -0.39 is 0 Å². The summed E-state index contributed by atoms with van der Waals surface area (Å²) in [5, 5.41) is 0. The number of nitrogens with zero attached hydrogens (tertiary/aromatic N) is 2. The van der Waals surface area contributed by atoms with Crippen molar-refractivity contribution in [3.8, 4) is 5.75 Å². The number of carbonyl (C=O) groups is 1. The van der Waals surface area contributed by atoms with Gasteiger partial charge < -0.3 is 18.8 Å². The van der Waals surface area contributed by atoms with Gasteiger partial charge in [-0.3, -0.25) is 9.69 Å². The van der Waals surface area contributed by atoms with E-state index in [0.29, 0.717) is 12.5 Å². The van der Waals surface area contributed by atoms with E-state index >= 15 is 0 Å². The van der Waals surface area contributed by atoms with E-state index in [1.807, 2.05) is 17.0 Å². The zero-order valence-corrected chi connectivity index (χ0v) is 19.6. The number of amides is 1. The Labute approximate surface area is 191 Å². The van der Waals surface area contributed by atoms with Gasteiger partial charge in [0.2, 0.25) is 5.91 Å². The zero-order chi connectivity index (χ0) is 22.6. The number of hydrogen-bond donors (Lipinski definition) is 0. The molecule has 6 nitrogen and oxygen atoms in total. The van der Waals surface area contributed by atoms with Crippen molar-refractivity contribution in [3.63, 3.8) is 0 Å². The minimum Gasteiger partial charge on any atom is -0.490 e. The van der Waals surface area contributed by atoms with Gasteiger partial charge in [-0.15, -0.1) is 0 Å². The van der Waals surface area contributed by atoms with E-state index in [1.165, 1.54) is 11.1 Å². The van der Waals surface area contributed by atoms with Crippen LogP contribution in [0.25, 0.3) is 0 Å². The quantitative estimate of drug-likeness (QED) is 0.635. The number of furan rings is 1. The third-order valence-corrected chi connectivity index (χ3v) is 6.49. The Kier molecular flexibility index (Phi) is 7.21. The van der Waals surface area contributed by atoms with Crippen molar-refractivity contribution in [1.29, 1.82) is 0 Å². The second kappa shape index (κ2) is 10.1. The number of ether oxygens (including phenoxy) is 2. The fourth-order valence-corrected chi connectivity index (χ4v) is 4.87.